The highest BCUT2D eigenvalue weighted by atomic mass is 16.4. The standard InChI is InChI=1S/C5H8O2/c6-5(7)4-2-1-3-4/h4H,1-3H2,(H,6,7)/i1D2,2D2,3D2,4D. The lowest BCUT2D eigenvalue weighted by atomic mass is 9.86. The van der Waals surface area contributed by atoms with Gasteiger partial charge < -0.3 is 5.11 Å². The summed E-state index contributed by atoms with van der Waals surface area (Å²) in [4.78, 5) is 10.6. The summed E-state index contributed by atoms with van der Waals surface area (Å²) in [7, 11) is 0. The molecule has 40 valence electrons. The van der Waals surface area contributed by atoms with Crippen molar-refractivity contribution in [2.24, 2.45) is 5.89 Å². The van der Waals surface area contributed by atoms with Gasteiger partial charge in [0, 0.05) is 9.60 Å². The Labute approximate surface area is 52.0 Å². The van der Waals surface area contributed by atoms with E-state index in [1.165, 1.54) is 0 Å². The summed E-state index contributed by atoms with van der Waals surface area (Å²) in [6.07, 6.45) is -9.06. The van der Waals surface area contributed by atoms with E-state index < -0.39 is 31.0 Å². The fraction of sp³-hybridized carbons (Fsp3) is 0.800. The van der Waals surface area contributed by atoms with Gasteiger partial charge in [-0.15, -0.1) is 0 Å². The van der Waals surface area contributed by atoms with Crippen LogP contribution in [0.2, 0.25) is 0 Å². The lowest BCUT2D eigenvalue weighted by molar-refractivity contribution is -0.144. The van der Waals surface area contributed by atoms with Crippen LogP contribution in [0.5, 0.6) is 0 Å². The molecular formula is C5H8O2. The van der Waals surface area contributed by atoms with Crippen molar-refractivity contribution in [2.45, 2.75) is 19.1 Å². The molecule has 0 heterocycles. The highest BCUT2D eigenvalue weighted by Crippen LogP contribution is 2.25. The van der Waals surface area contributed by atoms with E-state index in [9.17, 15) is 4.79 Å². The third-order valence-corrected chi connectivity index (χ3v) is 0.589. The van der Waals surface area contributed by atoms with Crippen LogP contribution in [-0.2, 0) is 4.79 Å². The molecule has 1 fully saturated rings. The van der Waals surface area contributed by atoms with Gasteiger partial charge in [0.05, 0.1) is 5.89 Å². The smallest absolute Gasteiger partial charge is 0.306 e. The molecule has 1 aliphatic rings. The van der Waals surface area contributed by atoms with E-state index in [4.69, 9.17) is 14.7 Å². The molecule has 2 heteroatoms. The van der Waals surface area contributed by atoms with Crippen molar-refractivity contribution in [1.29, 1.82) is 0 Å². The van der Waals surface area contributed by atoms with Gasteiger partial charge in [0.15, 0.2) is 0 Å². The lowest BCUT2D eigenvalue weighted by Gasteiger charge is -2.19. The zero-order chi connectivity index (χ0) is 11.6. The molecule has 0 aliphatic heterocycles. The third-order valence-electron chi connectivity index (χ3n) is 0.589. The number of carbonyl (C=O) groups is 1. The maximum Gasteiger partial charge on any atom is 0.306 e. The molecule has 0 unspecified atom stereocenters. The maximum atomic E-state index is 10.6. The Morgan fingerprint density at radius 3 is 2.86 bits per heavy atom. The molecule has 1 aliphatic carbocycles. The normalized spacial score (nSPS) is 62.0. The fourth-order valence-corrected chi connectivity index (χ4v) is 0.232. The first-order chi connectivity index (χ1) is 5.94. The van der Waals surface area contributed by atoms with Crippen LogP contribution in [0.1, 0.15) is 28.7 Å². The van der Waals surface area contributed by atoms with Gasteiger partial charge in [0.2, 0.25) is 0 Å². The van der Waals surface area contributed by atoms with Crippen LogP contribution in [0.25, 0.3) is 0 Å². The number of carboxylic acid groups (broad SMARTS) is 1. The summed E-state index contributed by atoms with van der Waals surface area (Å²) in [5, 5.41) is 8.56. The number of rotatable bonds is 1. The Bertz CT molecular complexity index is 278. The van der Waals surface area contributed by atoms with Gasteiger partial charge >= 0.3 is 5.97 Å². The van der Waals surface area contributed by atoms with E-state index in [1.807, 2.05) is 0 Å². The van der Waals surface area contributed by atoms with Crippen LogP contribution in [0.3, 0.4) is 0 Å². The number of hydrogen-bond acceptors (Lipinski definition) is 1. The minimum absolute atomic E-state index is 2.00. The molecule has 1 rings (SSSR count). The summed E-state index contributed by atoms with van der Waals surface area (Å²) in [5.41, 5.74) is 0. The minimum atomic E-state index is -3.09. The molecule has 7 heavy (non-hydrogen) atoms. The molecule has 0 amide bonds. The van der Waals surface area contributed by atoms with Gasteiger partial charge in [0.25, 0.3) is 0 Å². The molecule has 0 spiro atoms. The largest absolute Gasteiger partial charge is 0.481 e. The first kappa shape index (κ1) is 1.07. The van der Waals surface area contributed by atoms with Gasteiger partial charge in [-0.05, 0) is 12.7 Å². The molecule has 0 atom stereocenters. The van der Waals surface area contributed by atoms with Crippen molar-refractivity contribution in [1.82, 2.24) is 0 Å². The number of aliphatic carboxylic acids is 1. The van der Waals surface area contributed by atoms with Crippen LogP contribution in [-0.4, -0.2) is 11.1 Å². The first-order valence-corrected chi connectivity index (χ1v) is 1.68. The SMILES string of the molecule is [2H]C1([2H])C([2H])([2H])C([2H])(C(=O)O)C1([2H])[2H]. The van der Waals surface area contributed by atoms with Crippen molar-refractivity contribution in [3.05, 3.63) is 0 Å². The number of hydrogen-bond donors (Lipinski definition) is 1. The van der Waals surface area contributed by atoms with E-state index in [1.54, 1.807) is 0 Å². The van der Waals surface area contributed by atoms with Crippen LogP contribution >= 0.6 is 0 Å². The molecule has 0 saturated heterocycles. The molecule has 1 saturated carbocycles. The maximum absolute atomic E-state index is 10.6. The van der Waals surface area contributed by atoms with Crippen molar-refractivity contribution >= 4 is 5.97 Å². The fourth-order valence-electron chi connectivity index (χ4n) is 0.232. The molecule has 2 nitrogen and oxygen atoms in total. The van der Waals surface area contributed by atoms with Crippen molar-refractivity contribution in [3.8, 4) is 0 Å². The second-order valence-corrected chi connectivity index (χ2v) is 1.06. The third kappa shape index (κ3) is 0.734. The Morgan fingerprint density at radius 2 is 2.57 bits per heavy atom. The quantitative estimate of drug-likeness (QED) is 0.540. The van der Waals surface area contributed by atoms with E-state index in [2.05, 4.69) is 0 Å². The highest BCUT2D eigenvalue weighted by Gasteiger charge is 2.23. The molecule has 1 N–H and O–H groups in total. The molecule has 0 radical (unpaired) electrons. The van der Waals surface area contributed by atoms with Crippen LogP contribution in [0.15, 0.2) is 0 Å². The average Bonchev–Trinajstić information content (AvgIpc) is 2.00. The van der Waals surface area contributed by atoms with Crippen molar-refractivity contribution in [2.75, 3.05) is 0 Å². The van der Waals surface area contributed by atoms with E-state index >= 15 is 0 Å². The van der Waals surface area contributed by atoms with Crippen LogP contribution < -0.4 is 0 Å². The summed E-state index contributed by atoms with van der Waals surface area (Å²) < 4.78 is 49.7. The highest BCUT2D eigenvalue weighted by molar-refractivity contribution is 5.70. The molecular weight excluding hydrogens is 92.1 g/mol. The molecule has 0 bridgehead atoms. The van der Waals surface area contributed by atoms with Crippen molar-refractivity contribution < 1.29 is 19.5 Å². The second kappa shape index (κ2) is 1.52. The van der Waals surface area contributed by atoms with Gasteiger partial charge in [-0.1, -0.05) is 6.37 Å². The lowest BCUT2D eigenvalue weighted by Crippen LogP contribution is -2.20. The summed E-state index contributed by atoms with van der Waals surface area (Å²) in [6, 6.07) is 0. The van der Waals surface area contributed by atoms with E-state index in [0.717, 1.165) is 0 Å². The van der Waals surface area contributed by atoms with Crippen molar-refractivity contribution in [3.63, 3.8) is 0 Å². The summed E-state index contributed by atoms with van der Waals surface area (Å²) >= 11 is 0. The van der Waals surface area contributed by atoms with Gasteiger partial charge in [-0.2, -0.15) is 0 Å². The molecule has 0 aromatic heterocycles. The average molecular weight is 107 g/mol. The van der Waals surface area contributed by atoms with E-state index in [-0.39, 0.29) is 0 Å². The summed E-state index contributed by atoms with van der Waals surface area (Å²) in [6.45, 7) is 0. The monoisotopic (exact) mass is 107 g/mol. The van der Waals surface area contributed by atoms with Crippen LogP contribution in [0.4, 0.5) is 0 Å². The Balaban J connectivity index is 3.32. The van der Waals surface area contributed by atoms with Crippen LogP contribution in [0, 0.1) is 5.89 Å². The van der Waals surface area contributed by atoms with Gasteiger partial charge in [0.1, 0.15) is 0 Å². The molecule has 0 aromatic rings. The number of carboxylic acids is 1. The Morgan fingerprint density at radius 1 is 2.00 bits per heavy atom. The summed E-state index contributed by atoms with van der Waals surface area (Å²) in [5.74, 6) is -5.09. The predicted octanol–water partition coefficient (Wildman–Crippen LogP) is 0.871. The Hall–Kier alpha value is -0.530. The van der Waals surface area contributed by atoms with Gasteiger partial charge in [-0.3, -0.25) is 4.79 Å². The minimum Gasteiger partial charge on any atom is -0.481 e. The zero-order valence-electron chi connectivity index (χ0n) is 10.4. The predicted molar refractivity (Wildman–Crippen MR) is 25.0 cm³/mol. The molecule has 0 aromatic carbocycles. The second-order valence-electron chi connectivity index (χ2n) is 1.06. The van der Waals surface area contributed by atoms with E-state index in [0.29, 0.717) is 0 Å². The first-order valence-electron chi connectivity index (χ1n) is 5.18. The zero-order valence-corrected chi connectivity index (χ0v) is 3.36. The van der Waals surface area contributed by atoms with Gasteiger partial charge in [-0.25, -0.2) is 0 Å². The topological polar surface area (TPSA) is 37.3 Å². The Kier molecular flexibility index (Phi) is 0.232.